The second-order valence-electron chi connectivity index (χ2n) is 9.89. The number of esters is 1. The number of hydrogen-bond donors (Lipinski definition) is 2. The molecule has 6 rings (SSSR count). The van der Waals surface area contributed by atoms with Crippen LogP contribution < -0.4 is 10.1 Å². The van der Waals surface area contributed by atoms with Crippen molar-refractivity contribution in [1.82, 2.24) is 9.88 Å². The molecule has 3 heterocycles. The lowest BCUT2D eigenvalue weighted by molar-refractivity contribution is 0.0592. The Hall–Kier alpha value is -4.31. The average Bonchev–Trinajstić information content (AvgIpc) is 3.60. The first kappa shape index (κ1) is 25.0. The van der Waals surface area contributed by atoms with E-state index in [1.165, 1.54) is 31.4 Å². The van der Waals surface area contributed by atoms with E-state index in [9.17, 15) is 18.0 Å². The number of methoxy groups -OCH3 is 2. The van der Waals surface area contributed by atoms with E-state index in [0.717, 1.165) is 34.0 Å². The molecule has 39 heavy (non-hydrogen) atoms. The van der Waals surface area contributed by atoms with Gasteiger partial charge < -0.3 is 24.7 Å². The fourth-order valence-corrected chi connectivity index (χ4v) is 6.73. The van der Waals surface area contributed by atoms with Crippen molar-refractivity contribution in [1.29, 1.82) is 0 Å². The Labute approximate surface area is 225 Å². The Morgan fingerprint density at radius 3 is 2.46 bits per heavy atom. The summed E-state index contributed by atoms with van der Waals surface area (Å²) in [6.07, 6.45) is 1.17. The number of rotatable bonds is 5. The summed E-state index contributed by atoms with van der Waals surface area (Å²) in [5, 5.41) is 4.36. The van der Waals surface area contributed by atoms with E-state index in [1.807, 2.05) is 42.5 Å². The molecule has 1 aromatic heterocycles. The minimum Gasteiger partial charge on any atom is -0.497 e. The highest BCUT2D eigenvalue weighted by Gasteiger charge is 2.58. The number of anilines is 1. The molecule has 2 atom stereocenters. The third-order valence-electron chi connectivity index (χ3n) is 7.86. The maximum atomic E-state index is 13.9. The topological polar surface area (TPSA) is 118 Å². The van der Waals surface area contributed by atoms with Crippen molar-refractivity contribution in [3.8, 4) is 5.75 Å². The number of sulfone groups is 1. The molecule has 1 fully saturated rings. The van der Waals surface area contributed by atoms with Crippen molar-refractivity contribution in [2.75, 3.05) is 32.3 Å². The van der Waals surface area contributed by atoms with Crippen LogP contribution >= 0.6 is 0 Å². The molecule has 0 saturated carbocycles. The van der Waals surface area contributed by atoms with Gasteiger partial charge in [0.05, 0.1) is 24.5 Å². The van der Waals surface area contributed by atoms with Crippen LogP contribution in [0.2, 0.25) is 0 Å². The fourth-order valence-electron chi connectivity index (χ4n) is 6.10. The number of benzene rings is 3. The van der Waals surface area contributed by atoms with Gasteiger partial charge in [0.25, 0.3) is 5.91 Å². The molecule has 0 bridgehead atoms. The largest absolute Gasteiger partial charge is 0.497 e. The van der Waals surface area contributed by atoms with Gasteiger partial charge in [-0.15, -0.1) is 0 Å². The van der Waals surface area contributed by atoms with Crippen LogP contribution in [-0.2, 0) is 20.0 Å². The van der Waals surface area contributed by atoms with E-state index < -0.39 is 27.4 Å². The van der Waals surface area contributed by atoms with Crippen LogP contribution in [0.25, 0.3) is 10.9 Å². The Morgan fingerprint density at radius 1 is 1.03 bits per heavy atom. The third-order valence-corrected chi connectivity index (χ3v) is 8.99. The minimum atomic E-state index is -3.39. The summed E-state index contributed by atoms with van der Waals surface area (Å²) in [7, 11) is -0.454. The molecule has 4 aromatic rings. The molecule has 10 heteroatoms. The number of carbonyl (C=O) groups excluding carboxylic acids is 2. The Morgan fingerprint density at radius 2 is 1.77 bits per heavy atom. The van der Waals surface area contributed by atoms with E-state index in [0.29, 0.717) is 30.0 Å². The number of fused-ring (bicyclic) bond motifs is 4. The van der Waals surface area contributed by atoms with Crippen LogP contribution in [0.3, 0.4) is 0 Å². The average molecular weight is 546 g/mol. The fraction of sp³-hybridized carbons (Fsp3) is 0.241. The summed E-state index contributed by atoms with van der Waals surface area (Å²) < 4.78 is 34.6. The standard InChI is InChI=1S/C29H27N3O6S/c1-37-18-10-13-22-20(16-18)24(25(30-22)27(34)38-2)29-14-15-32(28(29)31-23-7-5-4-6-21(23)29)26(33)17-8-11-19(12-9-17)39(3,35)36/h4-13,16,28,30-31H,14-15H2,1-3H3. The zero-order valence-corrected chi connectivity index (χ0v) is 22.5. The molecule has 0 aliphatic carbocycles. The molecule has 1 saturated heterocycles. The van der Waals surface area contributed by atoms with E-state index in [-0.39, 0.29) is 10.8 Å². The third kappa shape index (κ3) is 3.69. The SMILES string of the molecule is COC(=O)c1[nH]c2ccc(OC)cc2c1C12CCN(C(=O)c3ccc(S(C)(=O)=O)cc3)C1Nc1ccccc12. The molecule has 9 nitrogen and oxygen atoms in total. The summed E-state index contributed by atoms with van der Waals surface area (Å²) in [5.41, 5.74) is 3.29. The number of hydrogen-bond acceptors (Lipinski definition) is 7. The van der Waals surface area contributed by atoms with Gasteiger partial charge in [0, 0.05) is 40.5 Å². The summed E-state index contributed by atoms with van der Waals surface area (Å²) in [4.78, 5) is 32.2. The molecule has 2 N–H and O–H groups in total. The number of nitrogens with zero attached hydrogens (tertiary/aromatic N) is 1. The van der Waals surface area contributed by atoms with Crippen LogP contribution in [0.4, 0.5) is 5.69 Å². The molecule has 2 aliphatic heterocycles. The molecule has 1 amide bonds. The summed E-state index contributed by atoms with van der Waals surface area (Å²) in [6.45, 7) is 0.413. The zero-order valence-electron chi connectivity index (χ0n) is 21.6. The lowest BCUT2D eigenvalue weighted by Crippen LogP contribution is -2.47. The number of carbonyl (C=O) groups is 2. The Bertz CT molecular complexity index is 1740. The number of nitrogens with one attached hydrogen (secondary N) is 2. The molecule has 0 spiro atoms. The Balaban J connectivity index is 1.54. The Kier molecular flexibility index (Phi) is 5.69. The van der Waals surface area contributed by atoms with E-state index in [4.69, 9.17) is 9.47 Å². The number of aromatic nitrogens is 1. The molecule has 200 valence electrons. The molecule has 2 unspecified atom stereocenters. The first-order valence-corrected chi connectivity index (χ1v) is 14.3. The molecular formula is C29H27N3O6S. The van der Waals surface area contributed by atoms with Gasteiger partial charge in [0.1, 0.15) is 17.6 Å². The van der Waals surface area contributed by atoms with Crippen LogP contribution in [-0.4, -0.2) is 63.4 Å². The van der Waals surface area contributed by atoms with Crippen molar-refractivity contribution >= 4 is 38.3 Å². The van der Waals surface area contributed by atoms with Crippen LogP contribution in [0.5, 0.6) is 5.75 Å². The van der Waals surface area contributed by atoms with Crippen molar-refractivity contribution in [3.05, 3.63) is 89.1 Å². The van der Waals surface area contributed by atoms with Crippen molar-refractivity contribution in [2.45, 2.75) is 22.9 Å². The van der Waals surface area contributed by atoms with Gasteiger partial charge in [0.2, 0.25) is 0 Å². The smallest absolute Gasteiger partial charge is 0.354 e. The maximum absolute atomic E-state index is 13.9. The minimum absolute atomic E-state index is 0.150. The quantitative estimate of drug-likeness (QED) is 0.365. The van der Waals surface area contributed by atoms with Crippen molar-refractivity contribution in [3.63, 3.8) is 0 Å². The van der Waals surface area contributed by atoms with E-state index in [1.54, 1.807) is 12.0 Å². The highest BCUT2D eigenvalue weighted by Crippen LogP contribution is 2.55. The molecule has 2 aliphatic rings. The number of aromatic amines is 1. The first-order valence-electron chi connectivity index (χ1n) is 12.4. The van der Waals surface area contributed by atoms with Crippen LogP contribution in [0.1, 0.15) is 38.4 Å². The van der Waals surface area contributed by atoms with Gasteiger partial charge in [-0.25, -0.2) is 13.2 Å². The maximum Gasteiger partial charge on any atom is 0.354 e. The van der Waals surface area contributed by atoms with E-state index >= 15 is 0 Å². The number of amides is 1. The van der Waals surface area contributed by atoms with Gasteiger partial charge in [0.15, 0.2) is 9.84 Å². The first-order chi connectivity index (χ1) is 18.7. The predicted molar refractivity (Wildman–Crippen MR) is 146 cm³/mol. The zero-order chi connectivity index (χ0) is 27.5. The monoisotopic (exact) mass is 545 g/mol. The van der Waals surface area contributed by atoms with Gasteiger partial charge in [-0.2, -0.15) is 0 Å². The van der Waals surface area contributed by atoms with Crippen molar-refractivity contribution in [2.24, 2.45) is 0 Å². The van der Waals surface area contributed by atoms with Gasteiger partial charge in [-0.1, -0.05) is 18.2 Å². The normalized spacial score (nSPS) is 19.9. The molecule has 0 radical (unpaired) electrons. The molecule has 3 aromatic carbocycles. The predicted octanol–water partition coefficient (Wildman–Crippen LogP) is 3.95. The second kappa shape index (κ2) is 8.88. The van der Waals surface area contributed by atoms with Gasteiger partial charge >= 0.3 is 5.97 Å². The summed E-state index contributed by atoms with van der Waals surface area (Å²) in [5.74, 6) is -0.0960. The van der Waals surface area contributed by atoms with Crippen LogP contribution in [0, 0.1) is 0 Å². The van der Waals surface area contributed by atoms with Gasteiger partial charge in [-0.3, -0.25) is 4.79 Å². The molecular weight excluding hydrogens is 518 g/mol. The highest BCUT2D eigenvalue weighted by molar-refractivity contribution is 7.90. The van der Waals surface area contributed by atoms with E-state index in [2.05, 4.69) is 10.3 Å². The number of H-pyrrole nitrogens is 1. The lowest BCUT2D eigenvalue weighted by atomic mass is 9.72. The lowest BCUT2D eigenvalue weighted by Gasteiger charge is -2.33. The van der Waals surface area contributed by atoms with Gasteiger partial charge in [-0.05, 0) is 60.5 Å². The van der Waals surface area contributed by atoms with Crippen molar-refractivity contribution < 1.29 is 27.5 Å². The number of ether oxygens (including phenoxy) is 2. The number of likely N-dealkylation sites (tertiary alicyclic amines) is 1. The number of para-hydroxylation sites is 1. The second-order valence-corrected chi connectivity index (χ2v) is 11.9. The van der Waals surface area contributed by atoms with Crippen LogP contribution in [0.15, 0.2) is 71.6 Å². The highest BCUT2D eigenvalue weighted by atomic mass is 32.2. The summed E-state index contributed by atoms with van der Waals surface area (Å²) in [6, 6.07) is 19.4. The summed E-state index contributed by atoms with van der Waals surface area (Å²) >= 11 is 0.